The molecule has 1 aliphatic rings. The lowest BCUT2D eigenvalue weighted by Gasteiger charge is -2.23. The average Bonchev–Trinajstić information content (AvgIpc) is 2.84. The molecule has 2 aromatic rings. The van der Waals surface area contributed by atoms with E-state index in [1.54, 1.807) is 30.3 Å². The van der Waals surface area contributed by atoms with E-state index < -0.39 is 35.6 Å². The highest BCUT2D eigenvalue weighted by Gasteiger charge is 2.23. The van der Waals surface area contributed by atoms with Crippen LogP contribution in [0.2, 0.25) is 0 Å². The molecule has 2 N–H and O–H groups in total. The number of esters is 1. The van der Waals surface area contributed by atoms with E-state index in [0.29, 0.717) is 0 Å². The van der Waals surface area contributed by atoms with Gasteiger partial charge in [0.1, 0.15) is 0 Å². The second-order valence-corrected chi connectivity index (χ2v) is 7.95. The fraction of sp³-hybridized carbons (Fsp3) is 0.320. The molecule has 1 atom stereocenters. The topological polar surface area (TPSA) is 119 Å². The van der Waals surface area contributed by atoms with Crippen molar-refractivity contribution in [2.24, 2.45) is 0 Å². The van der Waals surface area contributed by atoms with Crippen molar-refractivity contribution in [2.45, 2.75) is 51.2 Å². The molecule has 0 aromatic heterocycles. The maximum atomic E-state index is 12.4. The molecule has 0 aliphatic heterocycles. The highest BCUT2D eigenvalue weighted by atomic mass is 16.5. The van der Waals surface area contributed by atoms with Crippen molar-refractivity contribution in [3.63, 3.8) is 0 Å². The number of hydrogen-bond donors (Lipinski definition) is 2. The van der Waals surface area contributed by atoms with E-state index in [1.165, 1.54) is 31.2 Å². The van der Waals surface area contributed by atoms with Gasteiger partial charge >= 0.3 is 12.0 Å². The van der Waals surface area contributed by atoms with Crippen LogP contribution in [0.15, 0.2) is 54.6 Å². The third-order valence-electron chi connectivity index (χ3n) is 5.46. The van der Waals surface area contributed by atoms with E-state index in [0.717, 1.165) is 32.1 Å². The van der Waals surface area contributed by atoms with Crippen LogP contribution in [0.4, 0.5) is 4.79 Å². The minimum Gasteiger partial charge on any atom is -0.449 e. The highest BCUT2D eigenvalue weighted by molar-refractivity contribution is 6.49. The monoisotopic (exact) mass is 450 g/mol. The molecule has 33 heavy (non-hydrogen) atoms. The maximum absolute atomic E-state index is 12.4. The van der Waals surface area contributed by atoms with Crippen LogP contribution < -0.4 is 10.6 Å². The van der Waals surface area contributed by atoms with Gasteiger partial charge in [-0.1, -0.05) is 61.7 Å². The summed E-state index contributed by atoms with van der Waals surface area (Å²) in [6.45, 7) is 1.36. The van der Waals surface area contributed by atoms with Crippen LogP contribution in [-0.4, -0.2) is 41.6 Å². The summed E-state index contributed by atoms with van der Waals surface area (Å²) >= 11 is 0. The van der Waals surface area contributed by atoms with Crippen molar-refractivity contribution in [1.82, 2.24) is 10.6 Å². The van der Waals surface area contributed by atoms with E-state index in [9.17, 15) is 24.0 Å². The third kappa shape index (κ3) is 6.58. The Balaban J connectivity index is 1.52. The van der Waals surface area contributed by atoms with Gasteiger partial charge in [-0.15, -0.1) is 0 Å². The Morgan fingerprint density at radius 1 is 0.788 bits per heavy atom. The number of ether oxygens (including phenoxy) is 1. The summed E-state index contributed by atoms with van der Waals surface area (Å²) in [6.07, 6.45) is 3.78. The van der Waals surface area contributed by atoms with Crippen LogP contribution >= 0.6 is 0 Å². The van der Waals surface area contributed by atoms with Crippen molar-refractivity contribution in [1.29, 1.82) is 0 Å². The lowest BCUT2D eigenvalue weighted by atomic mass is 9.96. The molecule has 8 heteroatoms. The lowest BCUT2D eigenvalue weighted by molar-refractivity contribution is -0.127. The largest absolute Gasteiger partial charge is 0.449 e. The molecule has 0 unspecified atom stereocenters. The van der Waals surface area contributed by atoms with E-state index in [4.69, 9.17) is 4.74 Å². The molecule has 0 heterocycles. The Morgan fingerprint density at radius 3 is 1.94 bits per heavy atom. The standard InChI is InChI=1S/C25H26N2O6/c1-16(23(30)27-25(32)26-20-10-6-3-7-11-20)33-24(31)19-14-12-18(13-15-19)22(29)21(28)17-8-4-2-5-9-17/h2,4-5,8-9,12-16,20H,3,6-7,10-11H2,1H3,(H2,26,27,30,32)/t16-/m1/s1. The van der Waals surface area contributed by atoms with Gasteiger partial charge in [-0.2, -0.15) is 0 Å². The van der Waals surface area contributed by atoms with Gasteiger partial charge in [0.25, 0.3) is 5.91 Å². The van der Waals surface area contributed by atoms with Crippen molar-refractivity contribution < 1.29 is 28.7 Å². The van der Waals surface area contributed by atoms with E-state index in [-0.39, 0.29) is 22.7 Å². The zero-order valence-electron chi connectivity index (χ0n) is 18.3. The predicted molar refractivity (Wildman–Crippen MR) is 120 cm³/mol. The molecular formula is C25H26N2O6. The van der Waals surface area contributed by atoms with Gasteiger partial charge in [0.15, 0.2) is 6.10 Å². The Kier molecular flexibility index (Phi) is 8.07. The maximum Gasteiger partial charge on any atom is 0.338 e. The molecule has 1 fully saturated rings. The number of Topliss-reactive ketones (excluding diaryl/α,β-unsaturated/α-hetero) is 2. The Morgan fingerprint density at radius 2 is 1.33 bits per heavy atom. The van der Waals surface area contributed by atoms with Crippen LogP contribution in [0.5, 0.6) is 0 Å². The van der Waals surface area contributed by atoms with Crippen molar-refractivity contribution >= 4 is 29.5 Å². The van der Waals surface area contributed by atoms with Gasteiger partial charge in [0, 0.05) is 17.2 Å². The molecule has 0 spiro atoms. The third-order valence-corrected chi connectivity index (χ3v) is 5.46. The number of hydrogen-bond acceptors (Lipinski definition) is 6. The quantitative estimate of drug-likeness (QED) is 0.379. The molecule has 0 bridgehead atoms. The summed E-state index contributed by atoms with van der Waals surface area (Å²) in [4.78, 5) is 61.2. The zero-order chi connectivity index (χ0) is 23.8. The molecule has 1 saturated carbocycles. The molecule has 2 aromatic carbocycles. The van der Waals surface area contributed by atoms with E-state index >= 15 is 0 Å². The molecule has 8 nitrogen and oxygen atoms in total. The second-order valence-electron chi connectivity index (χ2n) is 7.95. The summed E-state index contributed by atoms with van der Waals surface area (Å²) in [5, 5.41) is 4.94. The zero-order valence-corrected chi connectivity index (χ0v) is 18.3. The fourth-order valence-electron chi connectivity index (χ4n) is 3.57. The molecule has 172 valence electrons. The molecule has 0 saturated heterocycles. The predicted octanol–water partition coefficient (Wildman–Crippen LogP) is 3.46. The molecule has 3 rings (SSSR count). The Labute approximate surface area is 191 Å². The van der Waals surface area contributed by atoms with Crippen molar-refractivity contribution in [2.75, 3.05) is 0 Å². The molecule has 3 amide bonds. The summed E-state index contributed by atoms with van der Waals surface area (Å²) in [7, 11) is 0. The van der Waals surface area contributed by atoms with Crippen molar-refractivity contribution in [3.05, 3.63) is 71.3 Å². The van der Waals surface area contributed by atoms with Gasteiger partial charge in [-0.25, -0.2) is 9.59 Å². The van der Waals surface area contributed by atoms with Crippen LogP contribution in [0, 0.1) is 0 Å². The highest BCUT2D eigenvalue weighted by Crippen LogP contribution is 2.17. The smallest absolute Gasteiger partial charge is 0.338 e. The number of urea groups is 1. The van der Waals surface area contributed by atoms with E-state index in [1.807, 2.05) is 0 Å². The number of amides is 3. The summed E-state index contributed by atoms with van der Waals surface area (Å²) in [5.41, 5.74) is 0.508. The first kappa shape index (κ1) is 23.8. The SMILES string of the molecule is C[C@@H](OC(=O)c1ccc(C(=O)C(=O)c2ccccc2)cc1)C(=O)NC(=O)NC1CCCCC1. The van der Waals surface area contributed by atoms with Crippen LogP contribution in [0.25, 0.3) is 0 Å². The molecular weight excluding hydrogens is 424 g/mol. The summed E-state index contributed by atoms with van der Waals surface area (Å²) in [6, 6.07) is 13.0. The van der Waals surface area contributed by atoms with Crippen LogP contribution in [0.3, 0.4) is 0 Å². The number of ketones is 2. The van der Waals surface area contributed by atoms with Gasteiger partial charge in [0.2, 0.25) is 11.6 Å². The number of imide groups is 1. The van der Waals surface area contributed by atoms with Gasteiger partial charge in [-0.3, -0.25) is 19.7 Å². The lowest BCUT2D eigenvalue weighted by Crippen LogP contribution is -2.48. The second kappa shape index (κ2) is 11.2. The Hall–Kier alpha value is -3.81. The molecule has 1 aliphatic carbocycles. The van der Waals surface area contributed by atoms with Crippen LogP contribution in [-0.2, 0) is 9.53 Å². The summed E-state index contributed by atoms with van der Waals surface area (Å²) in [5.74, 6) is -2.88. The number of carbonyl (C=O) groups is 5. The van der Waals surface area contributed by atoms with E-state index in [2.05, 4.69) is 10.6 Å². The molecule has 0 radical (unpaired) electrons. The van der Waals surface area contributed by atoms with Crippen molar-refractivity contribution in [3.8, 4) is 0 Å². The number of benzene rings is 2. The van der Waals surface area contributed by atoms with Gasteiger partial charge in [-0.05, 0) is 31.9 Å². The van der Waals surface area contributed by atoms with Crippen LogP contribution in [0.1, 0.15) is 70.1 Å². The fourth-order valence-corrected chi connectivity index (χ4v) is 3.57. The first-order valence-corrected chi connectivity index (χ1v) is 10.9. The average molecular weight is 450 g/mol. The Bertz CT molecular complexity index is 1030. The summed E-state index contributed by atoms with van der Waals surface area (Å²) < 4.78 is 5.12. The first-order valence-electron chi connectivity index (χ1n) is 10.9. The minimum atomic E-state index is -1.20. The number of carbonyl (C=O) groups excluding carboxylic acids is 5. The number of nitrogens with one attached hydrogen (secondary N) is 2. The van der Waals surface area contributed by atoms with Gasteiger partial charge in [0.05, 0.1) is 5.56 Å². The van der Waals surface area contributed by atoms with Gasteiger partial charge < -0.3 is 10.1 Å². The normalized spacial score (nSPS) is 14.6. The first-order chi connectivity index (χ1) is 15.8. The number of rotatable bonds is 7. The minimum absolute atomic E-state index is 0.0411.